The van der Waals surface area contributed by atoms with Crippen LogP contribution in [-0.2, 0) is 5.41 Å². The lowest BCUT2D eigenvalue weighted by atomic mass is 9.67. The smallest absolute Gasteiger partial charge is 0.0998 e. The minimum absolute atomic E-state index is 0.586. The molecule has 0 amide bonds. The first-order valence-corrected chi connectivity index (χ1v) is 17.0. The fourth-order valence-electron chi connectivity index (χ4n) is 7.74. The number of hydrogen-bond acceptors (Lipinski definition) is 4. The topological polar surface area (TPSA) is 62.5 Å². The molecule has 1 aliphatic rings. The molecule has 0 N–H and O–H groups in total. The van der Waals surface area contributed by atoms with E-state index in [0.717, 1.165) is 50.6 Å². The Bertz CT molecular complexity index is 2480. The van der Waals surface area contributed by atoms with Crippen molar-refractivity contribution in [1.82, 2.24) is 15.0 Å². The normalized spacial score (nSPS) is 12.5. The van der Waals surface area contributed by atoms with Crippen LogP contribution < -0.4 is 0 Å². The molecule has 8 aromatic rings. The molecule has 3 aromatic heterocycles. The summed E-state index contributed by atoms with van der Waals surface area (Å²) in [6, 6.07) is 61.3. The molecular formula is C47H30N4. The number of nitrogens with zero attached hydrogens (tertiary/aromatic N) is 4. The number of aromatic nitrogens is 3. The highest BCUT2D eigenvalue weighted by molar-refractivity contribution is 5.96. The van der Waals surface area contributed by atoms with Crippen molar-refractivity contribution in [2.24, 2.45) is 0 Å². The highest BCUT2D eigenvalue weighted by Crippen LogP contribution is 2.58. The molecule has 51 heavy (non-hydrogen) atoms. The molecule has 9 rings (SSSR count). The van der Waals surface area contributed by atoms with E-state index in [1.165, 1.54) is 27.8 Å². The Hall–Kier alpha value is -6.96. The summed E-state index contributed by atoms with van der Waals surface area (Å²) in [5, 5.41) is 10.4. The molecule has 0 saturated heterocycles. The van der Waals surface area contributed by atoms with E-state index in [4.69, 9.17) is 4.98 Å². The van der Waals surface area contributed by atoms with E-state index in [9.17, 15) is 5.26 Å². The Kier molecular flexibility index (Phi) is 7.38. The van der Waals surface area contributed by atoms with Gasteiger partial charge in [-0.15, -0.1) is 0 Å². The predicted molar refractivity (Wildman–Crippen MR) is 204 cm³/mol. The first-order valence-electron chi connectivity index (χ1n) is 17.0. The zero-order valence-corrected chi connectivity index (χ0v) is 27.6. The molecule has 5 aromatic carbocycles. The molecule has 0 unspecified atom stereocenters. The molecule has 238 valence electrons. The van der Waals surface area contributed by atoms with Crippen molar-refractivity contribution in [3.63, 3.8) is 0 Å². The summed E-state index contributed by atoms with van der Waals surface area (Å²) in [5.74, 6) is 0. The SMILES string of the molecule is N#Cc1ccccc1-c1cc2c(cc1-c1cc(-c3ccccn3)nc(-c3ccccn3)c1)C(c1ccccc1)(c1ccccc1)c1ccccc1-2. The third-order valence-corrected chi connectivity index (χ3v) is 9.93. The van der Waals surface area contributed by atoms with Crippen LogP contribution in [0.2, 0.25) is 0 Å². The van der Waals surface area contributed by atoms with Gasteiger partial charge in [0.1, 0.15) is 0 Å². The van der Waals surface area contributed by atoms with Crippen molar-refractivity contribution in [3.8, 4) is 62.2 Å². The summed E-state index contributed by atoms with van der Waals surface area (Å²) in [6.07, 6.45) is 3.58. The van der Waals surface area contributed by atoms with Crippen molar-refractivity contribution < 1.29 is 0 Å². The first kappa shape index (κ1) is 30.1. The highest BCUT2D eigenvalue weighted by atomic mass is 14.8. The average Bonchev–Trinajstić information content (AvgIpc) is 3.51. The zero-order valence-electron chi connectivity index (χ0n) is 27.6. The predicted octanol–water partition coefficient (Wildman–Crippen LogP) is 10.8. The number of pyridine rings is 3. The van der Waals surface area contributed by atoms with Crippen molar-refractivity contribution >= 4 is 0 Å². The van der Waals surface area contributed by atoms with Gasteiger partial charge in [-0.1, -0.05) is 115 Å². The van der Waals surface area contributed by atoms with E-state index in [-0.39, 0.29) is 0 Å². The first-order chi connectivity index (χ1) is 25.3. The molecule has 0 atom stereocenters. The van der Waals surface area contributed by atoms with E-state index in [0.29, 0.717) is 5.56 Å². The Balaban J connectivity index is 1.43. The van der Waals surface area contributed by atoms with Gasteiger partial charge >= 0.3 is 0 Å². The number of nitriles is 1. The third kappa shape index (κ3) is 4.95. The van der Waals surface area contributed by atoms with Crippen LogP contribution in [0.3, 0.4) is 0 Å². The van der Waals surface area contributed by atoms with Gasteiger partial charge < -0.3 is 0 Å². The molecule has 0 radical (unpaired) electrons. The van der Waals surface area contributed by atoms with Gasteiger partial charge in [0.2, 0.25) is 0 Å². The van der Waals surface area contributed by atoms with Crippen LogP contribution in [0.25, 0.3) is 56.2 Å². The van der Waals surface area contributed by atoms with Crippen molar-refractivity contribution in [2.45, 2.75) is 5.41 Å². The van der Waals surface area contributed by atoms with Gasteiger partial charge in [0.15, 0.2) is 0 Å². The van der Waals surface area contributed by atoms with E-state index in [2.05, 4.69) is 125 Å². The van der Waals surface area contributed by atoms with Crippen LogP contribution in [0.1, 0.15) is 27.8 Å². The summed E-state index contributed by atoms with van der Waals surface area (Å²) in [4.78, 5) is 14.5. The molecular weight excluding hydrogens is 621 g/mol. The zero-order chi connectivity index (χ0) is 34.2. The lowest BCUT2D eigenvalue weighted by molar-refractivity contribution is 0.769. The second kappa shape index (κ2) is 12.5. The minimum atomic E-state index is -0.586. The standard InChI is InChI=1S/C47H30N4/c48-31-32-15-7-8-20-36(32)39-29-40-37-21-9-10-22-41(37)47(34-16-3-1-4-17-34,35-18-5-2-6-19-35)42(40)30-38(39)33-27-45(43-23-11-13-25-49-43)51-46(28-33)44-24-12-14-26-50-44/h1-30H. The number of fused-ring (bicyclic) bond motifs is 3. The van der Waals surface area contributed by atoms with Crippen LogP contribution in [0.4, 0.5) is 0 Å². The fraction of sp³-hybridized carbons (Fsp3) is 0.0213. The van der Waals surface area contributed by atoms with Gasteiger partial charge in [-0.3, -0.25) is 9.97 Å². The lowest BCUT2D eigenvalue weighted by Crippen LogP contribution is -2.28. The van der Waals surface area contributed by atoms with Gasteiger partial charge in [0.25, 0.3) is 0 Å². The highest BCUT2D eigenvalue weighted by Gasteiger charge is 2.46. The third-order valence-electron chi connectivity index (χ3n) is 9.93. The second-order valence-electron chi connectivity index (χ2n) is 12.7. The maximum absolute atomic E-state index is 10.4. The lowest BCUT2D eigenvalue weighted by Gasteiger charge is -2.34. The average molecular weight is 651 g/mol. The number of benzene rings is 5. The van der Waals surface area contributed by atoms with E-state index in [1.807, 2.05) is 60.7 Å². The summed E-state index contributed by atoms with van der Waals surface area (Å²) in [5.41, 5.74) is 14.0. The molecule has 1 aliphatic carbocycles. The van der Waals surface area contributed by atoms with Gasteiger partial charge in [0, 0.05) is 18.0 Å². The molecule has 0 spiro atoms. The van der Waals surface area contributed by atoms with Crippen LogP contribution in [0, 0.1) is 11.3 Å². The van der Waals surface area contributed by atoms with Crippen molar-refractivity contribution in [1.29, 1.82) is 5.26 Å². The fourth-order valence-corrected chi connectivity index (χ4v) is 7.74. The van der Waals surface area contributed by atoms with E-state index in [1.54, 1.807) is 12.4 Å². The van der Waals surface area contributed by atoms with Gasteiger partial charge in [-0.25, -0.2) is 4.98 Å². The van der Waals surface area contributed by atoms with Crippen molar-refractivity contribution in [2.75, 3.05) is 0 Å². The molecule has 0 fully saturated rings. The van der Waals surface area contributed by atoms with Crippen LogP contribution >= 0.6 is 0 Å². The maximum Gasteiger partial charge on any atom is 0.0998 e. The maximum atomic E-state index is 10.4. The summed E-state index contributed by atoms with van der Waals surface area (Å²) >= 11 is 0. The van der Waals surface area contributed by atoms with E-state index < -0.39 is 5.41 Å². The van der Waals surface area contributed by atoms with Crippen LogP contribution in [0.15, 0.2) is 182 Å². The second-order valence-corrected chi connectivity index (χ2v) is 12.7. The monoisotopic (exact) mass is 650 g/mol. The van der Waals surface area contributed by atoms with E-state index >= 15 is 0 Å². The summed E-state index contributed by atoms with van der Waals surface area (Å²) < 4.78 is 0. The Morgan fingerprint density at radius 1 is 0.412 bits per heavy atom. The molecule has 0 saturated carbocycles. The van der Waals surface area contributed by atoms with Crippen LogP contribution in [-0.4, -0.2) is 15.0 Å². The quantitative estimate of drug-likeness (QED) is 0.180. The number of rotatable bonds is 6. The Labute approximate surface area is 297 Å². The molecule has 0 bridgehead atoms. The molecule has 4 heteroatoms. The van der Waals surface area contributed by atoms with Gasteiger partial charge in [-0.2, -0.15) is 5.26 Å². The van der Waals surface area contributed by atoms with Gasteiger partial charge in [0.05, 0.1) is 39.8 Å². The Morgan fingerprint density at radius 3 is 1.55 bits per heavy atom. The van der Waals surface area contributed by atoms with Crippen molar-refractivity contribution in [3.05, 3.63) is 210 Å². The van der Waals surface area contributed by atoms with Crippen LogP contribution in [0.5, 0.6) is 0 Å². The molecule has 0 aliphatic heterocycles. The summed E-state index contributed by atoms with van der Waals surface area (Å²) in [7, 11) is 0. The van der Waals surface area contributed by atoms with Gasteiger partial charge in [-0.05, 0) is 105 Å². The Morgan fingerprint density at radius 2 is 0.961 bits per heavy atom. The largest absolute Gasteiger partial charge is 0.255 e. The minimum Gasteiger partial charge on any atom is -0.255 e. The molecule has 3 heterocycles. The summed E-state index contributed by atoms with van der Waals surface area (Å²) in [6.45, 7) is 0. The molecule has 4 nitrogen and oxygen atoms in total. The number of hydrogen-bond donors (Lipinski definition) is 0.